The molecule has 2 bridgehead atoms. The van der Waals surface area contributed by atoms with Crippen molar-refractivity contribution in [3.05, 3.63) is 35.7 Å². The molecule has 2 aliphatic rings. The fraction of sp³-hybridized carbons (Fsp3) is 0.474. The molecule has 5 rings (SSSR count). The number of rotatable bonds is 4. The standard InChI is InChI=1S/C19H22N4O4S/c1-11-18(12(2)22-21-11)28(24,25)23-13-7-8-14(23)10-15(9-13)26-19-20-16-5-3-4-6-17(16)27-19/h3-6,13-15H,7-10H2,1-2H3,(H,21,22)/t13-,14+,15?. The van der Waals surface area contributed by atoms with Crippen LogP contribution in [-0.4, -0.2) is 46.1 Å². The molecule has 0 spiro atoms. The molecule has 0 radical (unpaired) electrons. The lowest BCUT2D eigenvalue weighted by atomic mass is 10.0. The van der Waals surface area contributed by atoms with E-state index in [9.17, 15) is 8.42 Å². The third-order valence-electron chi connectivity index (χ3n) is 5.76. The van der Waals surface area contributed by atoms with Gasteiger partial charge in [0.2, 0.25) is 10.0 Å². The third kappa shape index (κ3) is 2.72. The summed E-state index contributed by atoms with van der Waals surface area (Å²) in [4.78, 5) is 4.68. The second-order valence-electron chi connectivity index (χ2n) is 7.64. The topological polar surface area (TPSA) is 101 Å². The molecule has 1 unspecified atom stereocenters. The van der Waals surface area contributed by atoms with Gasteiger partial charge in [0.05, 0.1) is 11.4 Å². The molecule has 2 aliphatic heterocycles. The van der Waals surface area contributed by atoms with E-state index in [1.807, 2.05) is 24.3 Å². The monoisotopic (exact) mass is 402 g/mol. The van der Waals surface area contributed by atoms with Gasteiger partial charge in [-0.1, -0.05) is 12.1 Å². The number of nitrogens with one attached hydrogen (secondary N) is 1. The molecule has 4 heterocycles. The minimum atomic E-state index is -3.59. The molecule has 3 atom stereocenters. The minimum absolute atomic E-state index is 0.0770. The van der Waals surface area contributed by atoms with Crippen molar-refractivity contribution in [2.75, 3.05) is 0 Å². The van der Waals surface area contributed by atoms with Gasteiger partial charge in [-0.2, -0.15) is 14.4 Å². The predicted molar refractivity (Wildman–Crippen MR) is 102 cm³/mol. The van der Waals surface area contributed by atoms with Crippen LogP contribution in [0.5, 0.6) is 6.08 Å². The lowest BCUT2D eigenvalue weighted by Gasteiger charge is -2.37. The summed E-state index contributed by atoms with van der Waals surface area (Å²) in [7, 11) is -3.59. The molecule has 148 valence electrons. The van der Waals surface area contributed by atoms with Crippen molar-refractivity contribution >= 4 is 21.1 Å². The molecule has 0 aliphatic carbocycles. The Hall–Kier alpha value is -2.39. The Bertz CT molecular complexity index is 1070. The zero-order valence-electron chi connectivity index (χ0n) is 15.8. The van der Waals surface area contributed by atoms with Gasteiger partial charge in [0.1, 0.15) is 16.5 Å². The lowest BCUT2D eigenvalue weighted by molar-refractivity contribution is 0.0715. The van der Waals surface area contributed by atoms with Crippen LogP contribution in [0.4, 0.5) is 0 Å². The maximum absolute atomic E-state index is 13.3. The van der Waals surface area contributed by atoms with E-state index in [-0.39, 0.29) is 24.3 Å². The highest BCUT2D eigenvalue weighted by atomic mass is 32.2. The Labute approximate surface area is 162 Å². The van der Waals surface area contributed by atoms with Crippen LogP contribution in [-0.2, 0) is 10.0 Å². The van der Waals surface area contributed by atoms with E-state index in [1.54, 1.807) is 18.2 Å². The fourth-order valence-electron chi connectivity index (χ4n) is 4.64. The number of H-pyrrole nitrogens is 1. The normalized spacial score (nSPS) is 25.4. The Kier molecular flexibility index (Phi) is 3.99. The van der Waals surface area contributed by atoms with Gasteiger partial charge in [-0.05, 0) is 38.8 Å². The zero-order chi connectivity index (χ0) is 19.5. The first-order valence-electron chi connectivity index (χ1n) is 9.51. The van der Waals surface area contributed by atoms with E-state index in [0.717, 1.165) is 18.4 Å². The number of aryl methyl sites for hydroxylation is 2. The number of nitrogens with zero attached hydrogens (tertiary/aromatic N) is 3. The van der Waals surface area contributed by atoms with Gasteiger partial charge in [0.15, 0.2) is 5.58 Å². The van der Waals surface area contributed by atoms with Crippen molar-refractivity contribution in [2.45, 2.75) is 62.6 Å². The van der Waals surface area contributed by atoms with E-state index in [1.165, 1.54) is 0 Å². The van der Waals surface area contributed by atoms with Crippen LogP contribution in [0.2, 0.25) is 0 Å². The van der Waals surface area contributed by atoms with Gasteiger partial charge in [-0.3, -0.25) is 5.10 Å². The maximum Gasteiger partial charge on any atom is 0.394 e. The first kappa shape index (κ1) is 17.7. The van der Waals surface area contributed by atoms with Crippen LogP contribution < -0.4 is 4.74 Å². The fourth-order valence-corrected chi connectivity index (χ4v) is 6.87. The number of aromatic amines is 1. The molecule has 28 heavy (non-hydrogen) atoms. The summed E-state index contributed by atoms with van der Waals surface area (Å²) in [5.74, 6) is 0. The molecule has 9 heteroatoms. The molecule has 0 saturated carbocycles. The largest absolute Gasteiger partial charge is 0.447 e. The highest BCUT2D eigenvalue weighted by molar-refractivity contribution is 7.89. The van der Waals surface area contributed by atoms with Gasteiger partial charge in [0, 0.05) is 24.9 Å². The number of hydrogen-bond donors (Lipinski definition) is 1. The van der Waals surface area contributed by atoms with Crippen LogP contribution in [0.3, 0.4) is 0 Å². The van der Waals surface area contributed by atoms with Crippen LogP contribution in [0.15, 0.2) is 33.6 Å². The number of piperidine rings is 1. The number of aromatic nitrogens is 3. The van der Waals surface area contributed by atoms with E-state index in [4.69, 9.17) is 9.15 Å². The predicted octanol–water partition coefficient (Wildman–Crippen LogP) is 2.93. The van der Waals surface area contributed by atoms with Crippen LogP contribution >= 0.6 is 0 Å². The molecule has 2 aromatic heterocycles. The summed E-state index contributed by atoms with van der Waals surface area (Å²) in [5.41, 5.74) is 2.54. The van der Waals surface area contributed by atoms with Crippen molar-refractivity contribution < 1.29 is 17.6 Å². The quantitative estimate of drug-likeness (QED) is 0.720. The van der Waals surface area contributed by atoms with Gasteiger partial charge >= 0.3 is 6.08 Å². The number of para-hydroxylation sites is 2. The second kappa shape index (κ2) is 6.31. The average Bonchev–Trinajstić information content (AvgIpc) is 3.29. The van der Waals surface area contributed by atoms with Gasteiger partial charge in [-0.15, -0.1) is 0 Å². The Morgan fingerprint density at radius 2 is 1.89 bits per heavy atom. The second-order valence-corrected chi connectivity index (χ2v) is 9.42. The Morgan fingerprint density at radius 3 is 2.54 bits per heavy atom. The highest BCUT2D eigenvalue weighted by Crippen LogP contribution is 2.41. The molecule has 1 aromatic carbocycles. The summed E-state index contributed by atoms with van der Waals surface area (Å²) in [6, 6.07) is 7.36. The Morgan fingerprint density at radius 1 is 1.18 bits per heavy atom. The molecule has 2 fully saturated rings. The van der Waals surface area contributed by atoms with E-state index >= 15 is 0 Å². The summed E-state index contributed by atoms with van der Waals surface area (Å²) in [5, 5.41) is 6.85. The summed E-state index contributed by atoms with van der Waals surface area (Å²) < 4.78 is 40.0. The summed E-state index contributed by atoms with van der Waals surface area (Å²) >= 11 is 0. The SMILES string of the molecule is Cc1n[nH]c(C)c1S(=O)(=O)N1[C@@H]2CC[C@H]1CC(Oc1nc3ccccc3o1)C2. The number of hydrogen-bond acceptors (Lipinski definition) is 6. The number of oxazole rings is 1. The van der Waals surface area contributed by atoms with Crippen molar-refractivity contribution in [1.29, 1.82) is 0 Å². The van der Waals surface area contributed by atoms with Crippen LogP contribution in [0.25, 0.3) is 11.1 Å². The average molecular weight is 402 g/mol. The van der Waals surface area contributed by atoms with Gasteiger partial charge in [-0.25, -0.2) is 8.42 Å². The first-order chi connectivity index (χ1) is 13.4. The Balaban J connectivity index is 1.37. The number of ether oxygens (including phenoxy) is 1. The number of benzene rings is 1. The highest BCUT2D eigenvalue weighted by Gasteiger charge is 2.49. The summed E-state index contributed by atoms with van der Waals surface area (Å²) in [6.45, 7) is 3.47. The third-order valence-corrected chi connectivity index (χ3v) is 8.03. The summed E-state index contributed by atoms with van der Waals surface area (Å²) in [6.07, 6.45) is 3.09. The maximum atomic E-state index is 13.3. The lowest BCUT2D eigenvalue weighted by Crippen LogP contribution is -2.49. The van der Waals surface area contributed by atoms with Crippen molar-refractivity contribution in [2.24, 2.45) is 0 Å². The van der Waals surface area contributed by atoms with E-state index in [2.05, 4.69) is 15.2 Å². The molecule has 2 saturated heterocycles. The molecule has 1 N–H and O–H groups in total. The number of sulfonamides is 1. The van der Waals surface area contributed by atoms with E-state index in [0.29, 0.717) is 34.7 Å². The molecule has 8 nitrogen and oxygen atoms in total. The minimum Gasteiger partial charge on any atom is -0.447 e. The molecular weight excluding hydrogens is 380 g/mol. The van der Waals surface area contributed by atoms with Gasteiger partial charge in [0.25, 0.3) is 0 Å². The molecule has 3 aromatic rings. The number of fused-ring (bicyclic) bond motifs is 3. The smallest absolute Gasteiger partial charge is 0.394 e. The van der Waals surface area contributed by atoms with Crippen molar-refractivity contribution in [3.8, 4) is 6.08 Å². The van der Waals surface area contributed by atoms with Crippen LogP contribution in [0, 0.1) is 13.8 Å². The van der Waals surface area contributed by atoms with Crippen molar-refractivity contribution in [1.82, 2.24) is 19.5 Å². The van der Waals surface area contributed by atoms with E-state index < -0.39 is 10.0 Å². The zero-order valence-corrected chi connectivity index (χ0v) is 16.6. The first-order valence-corrected chi connectivity index (χ1v) is 10.9. The molecular formula is C19H22N4O4S. The van der Waals surface area contributed by atoms with Gasteiger partial charge < -0.3 is 9.15 Å². The molecule has 0 amide bonds. The van der Waals surface area contributed by atoms with Crippen molar-refractivity contribution in [3.63, 3.8) is 0 Å². The van der Waals surface area contributed by atoms with Crippen LogP contribution in [0.1, 0.15) is 37.1 Å².